The summed E-state index contributed by atoms with van der Waals surface area (Å²) in [5, 5.41) is 0. The molecule has 0 amide bonds. The standard InChI is InChI=1S/C25H26F3NO7/c1-11-17-15-9-14(23(32)33-15)18(29(3)4)19(20-24(2,36-20)10-16(17)34-21(11)30)35-22(31)12-5-7-13(8-6-12)25(26,27)28/h5-9,11,14,16-20H,10H2,1-4H3. The molecule has 0 spiro atoms. The van der Waals surface area contributed by atoms with Crippen LogP contribution in [0.2, 0.25) is 0 Å². The average Bonchev–Trinajstić information content (AvgIpc) is 3.19. The number of likely N-dealkylation sites (N-methyl/N-ethyl adjacent to an activating group) is 1. The maximum absolute atomic E-state index is 13.0. The Kier molecular flexibility index (Phi) is 5.71. The largest absolute Gasteiger partial charge is 0.461 e. The molecule has 2 fully saturated rings. The van der Waals surface area contributed by atoms with Crippen molar-refractivity contribution < 1.29 is 46.5 Å². The molecular formula is C25H26F3NO7. The van der Waals surface area contributed by atoms with Crippen molar-refractivity contribution in [2.75, 3.05) is 14.1 Å². The summed E-state index contributed by atoms with van der Waals surface area (Å²) in [7, 11) is 3.45. The Balaban J connectivity index is 1.49. The maximum Gasteiger partial charge on any atom is 0.416 e. The Morgan fingerprint density at radius 2 is 1.81 bits per heavy atom. The maximum atomic E-state index is 13.0. The first-order chi connectivity index (χ1) is 16.8. The van der Waals surface area contributed by atoms with Crippen LogP contribution in [-0.2, 0) is 34.7 Å². The van der Waals surface area contributed by atoms with E-state index in [0.29, 0.717) is 12.2 Å². The predicted octanol–water partition coefficient (Wildman–Crippen LogP) is 2.96. The van der Waals surface area contributed by atoms with Gasteiger partial charge in [-0.25, -0.2) is 4.79 Å². The number of hydrogen-bond donors (Lipinski definition) is 0. The molecule has 1 aromatic carbocycles. The molecule has 1 aromatic rings. The van der Waals surface area contributed by atoms with Crippen molar-refractivity contribution in [1.82, 2.24) is 4.90 Å². The van der Waals surface area contributed by atoms with Gasteiger partial charge in [0, 0.05) is 6.42 Å². The van der Waals surface area contributed by atoms with Crippen LogP contribution < -0.4 is 0 Å². The van der Waals surface area contributed by atoms with Gasteiger partial charge in [-0.15, -0.1) is 0 Å². The van der Waals surface area contributed by atoms with E-state index in [2.05, 4.69) is 0 Å². The number of carbonyl (C=O) groups excluding carboxylic acids is 3. The first-order valence-electron chi connectivity index (χ1n) is 11.7. The van der Waals surface area contributed by atoms with Gasteiger partial charge in [-0.3, -0.25) is 9.59 Å². The Labute approximate surface area is 205 Å². The predicted molar refractivity (Wildman–Crippen MR) is 116 cm³/mol. The van der Waals surface area contributed by atoms with E-state index in [1.54, 1.807) is 32.0 Å². The van der Waals surface area contributed by atoms with Crippen LogP contribution in [0.3, 0.4) is 0 Å². The van der Waals surface area contributed by atoms with Crippen molar-refractivity contribution in [2.24, 2.45) is 17.8 Å². The highest BCUT2D eigenvalue weighted by molar-refractivity contribution is 5.89. The number of rotatable bonds is 3. The summed E-state index contributed by atoms with van der Waals surface area (Å²) in [6.07, 6.45) is -4.76. The molecular weight excluding hydrogens is 483 g/mol. The molecule has 0 radical (unpaired) electrons. The number of alkyl halides is 3. The van der Waals surface area contributed by atoms with Crippen LogP contribution in [0.4, 0.5) is 13.2 Å². The molecule has 3 heterocycles. The molecule has 0 N–H and O–H groups in total. The number of ether oxygens (including phenoxy) is 4. The molecule has 1 aliphatic carbocycles. The topological polar surface area (TPSA) is 94.7 Å². The van der Waals surface area contributed by atoms with Crippen LogP contribution in [0, 0.1) is 17.8 Å². The summed E-state index contributed by atoms with van der Waals surface area (Å²) in [6.45, 7) is 3.55. The zero-order valence-electron chi connectivity index (χ0n) is 20.1. The molecule has 8 nitrogen and oxygen atoms in total. The summed E-state index contributed by atoms with van der Waals surface area (Å²) < 4.78 is 61.9. The number of fused-ring (bicyclic) bond motifs is 4. The fourth-order valence-electron chi connectivity index (χ4n) is 5.63. The summed E-state index contributed by atoms with van der Waals surface area (Å²) in [6, 6.07) is 3.03. The van der Waals surface area contributed by atoms with Crippen molar-refractivity contribution in [3.05, 3.63) is 47.2 Å². The van der Waals surface area contributed by atoms with Crippen LogP contribution in [-0.4, -0.2) is 66.9 Å². The van der Waals surface area contributed by atoms with E-state index < -0.39 is 71.4 Å². The molecule has 36 heavy (non-hydrogen) atoms. The highest BCUT2D eigenvalue weighted by Crippen LogP contribution is 2.52. The SMILES string of the molecule is CC1C(=O)OC2CC3(C)OC3C(OC(=O)c3ccc(C(F)(F)F)cc3)C(N(C)C)C3C=C(OC3=O)C21. The molecule has 11 heteroatoms. The monoisotopic (exact) mass is 509 g/mol. The molecule has 0 aromatic heterocycles. The smallest absolute Gasteiger partial charge is 0.416 e. The lowest BCUT2D eigenvalue weighted by Crippen LogP contribution is -2.51. The Bertz CT molecular complexity index is 1130. The van der Waals surface area contributed by atoms with Crippen LogP contribution in [0.5, 0.6) is 0 Å². The van der Waals surface area contributed by atoms with Crippen molar-refractivity contribution in [3.63, 3.8) is 0 Å². The molecule has 8 unspecified atom stereocenters. The zero-order chi connectivity index (χ0) is 26.2. The van der Waals surface area contributed by atoms with E-state index in [9.17, 15) is 27.6 Å². The Morgan fingerprint density at radius 3 is 2.42 bits per heavy atom. The second-order valence-electron chi connectivity index (χ2n) is 10.3. The fraction of sp³-hybridized carbons (Fsp3) is 0.560. The summed E-state index contributed by atoms with van der Waals surface area (Å²) in [4.78, 5) is 40.1. The third kappa shape index (κ3) is 4.07. The summed E-state index contributed by atoms with van der Waals surface area (Å²) in [5.74, 6) is -3.19. The molecule has 194 valence electrons. The second-order valence-corrected chi connectivity index (χ2v) is 10.3. The average molecular weight is 509 g/mol. The van der Waals surface area contributed by atoms with Gasteiger partial charge in [0.25, 0.3) is 0 Å². The third-order valence-corrected chi connectivity index (χ3v) is 7.58. The highest BCUT2D eigenvalue weighted by Gasteiger charge is 2.65. The van der Waals surface area contributed by atoms with Gasteiger partial charge in [0.2, 0.25) is 0 Å². The van der Waals surface area contributed by atoms with Gasteiger partial charge < -0.3 is 23.8 Å². The van der Waals surface area contributed by atoms with Gasteiger partial charge in [0.15, 0.2) is 0 Å². The number of esters is 3. The minimum Gasteiger partial charge on any atom is -0.461 e. The zero-order valence-corrected chi connectivity index (χ0v) is 20.1. The normalized spacial score (nSPS) is 37.4. The molecule has 2 bridgehead atoms. The number of carbonyl (C=O) groups is 3. The molecule has 3 aliphatic heterocycles. The number of benzene rings is 1. The minimum absolute atomic E-state index is 0.0659. The van der Waals surface area contributed by atoms with Gasteiger partial charge in [-0.05, 0) is 51.4 Å². The van der Waals surface area contributed by atoms with E-state index in [1.807, 2.05) is 6.92 Å². The van der Waals surface area contributed by atoms with Gasteiger partial charge in [-0.2, -0.15) is 13.2 Å². The van der Waals surface area contributed by atoms with E-state index in [4.69, 9.17) is 18.9 Å². The lowest BCUT2D eigenvalue weighted by Gasteiger charge is -2.34. The van der Waals surface area contributed by atoms with Gasteiger partial charge >= 0.3 is 24.1 Å². The van der Waals surface area contributed by atoms with Crippen molar-refractivity contribution in [3.8, 4) is 0 Å². The van der Waals surface area contributed by atoms with Crippen molar-refractivity contribution >= 4 is 17.9 Å². The van der Waals surface area contributed by atoms with Crippen LogP contribution in [0.25, 0.3) is 0 Å². The van der Waals surface area contributed by atoms with Gasteiger partial charge in [0.05, 0.1) is 40.5 Å². The molecule has 2 saturated heterocycles. The first kappa shape index (κ1) is 24.8. The molecule has 0 saturated carbocycles. The van der Waals surface area contributed by atoms with E-state index >= 15 is 0 Å². The van der Waals surface area contributed by atoms with Gasteiger partial charge in [-0.1, -0.05) is 6.92 Å². The second kappa shape index (κ2) is 8.31. The first-order valence-corrected chi connectivity index (χ1v) is 11.7. The number of hydrogen-bond acceptors (Lipinski definition) is 8. The quantitative estimate of drug-likeness (QED) is 0.349. The van der Waals surface area contributed by atoms with Crippen molar-refractivity contribution in [2.45, 2.75) is 56.4 Å². The summed E-state index contributed by atoms with van der Waals surface area (Å²) >= 11 is 0. The van der Waals surface area contributed by atoms with Crippen LogP contribution in [0.15, 0.2) is 36.1 Å². The third-order valence-electron chi connectivity index (χ3n) is 7.58. The van der Waals surface area contributed by atoms with Crippen LogP contribution >= 0.6 is 0 Å². The molecule has 8 atom stereocenters. The van der Waals surface area contributed by atoms with E-state index in [1.165, 1.54) is 0 Å². The van der Waals surface area contributed by atoms with Crippen molar-refractivity contribution in [1.29, 1.82) is 0 Å². The number of epoxide rings is 1. The Morgan fingerprint density at radius 1 is 1.14 bits per heavy atom. The number of nitrogens with zero attached hydrogens (tertiary/aromatic N) is 1. The fourth-order valence-corrected chi connectivity index (χ4v) is 5.63. The lowest BCUT2D eigenvalue weighted by atomic mass is 9.80. The molecule has 5 rings (SSSR count). The van der Waals surface area contributed by atoms with E-state index in [-0.39, 0.29) is 11.5 Å². The van der Waals surface area contributed by atoms with E-state index in [0.717, 1.165) is 24.3 Å². The van der Waals surface area contributed by atoms with Gasteiger partial charge in [0.1, 0.15) is 24.1 Å². The summed E-state index contributed by atoms with van der Waals surface area (Å²) in [5.41, 5.74) is -1.76. The highest BCUT2D eigenvalue weighted by atomic mass is 19.4. The lowest BCUT2D eigenvalue weighted by molar-refractivity contribution is -0.145. The molecule has 4 aliphatic rings. The Hall–Kier alpha value is -2.92. The number of halogens is 3. The van der Waals surface area contributed by atoms with Crippen LogP contribution in [0.1, 0.15) is 36.2 Å². The minimum atomic E-state index is -4.54.